The molecule has 1 atom stereocenters. The number of carboxylic acids is 1. The Labute approximate surface area is 118 Å². The number of nitrogens with zero attached hydrogens (tertiary/aromatic N) is 1. The summed E-state index contributed by atoms with van der Waals surface area (Å²) >= 11 is 0. The number of aliphatic carboxylic acids is 1. The van der Waals surface area contributed by atoms with Gasteiger partial charge in [0.1, 0.15) is 0 Å². The topological polar surface area (TPSA) is 66.8 Å². The number of hydrogen-bond donors (Lipinski definition) is 1. The van der Waals surface area contributed by atoms with Crippen molar-refractivity contribution in [1.82, 2.24) is 4.90 Å². The van der Waals surface area contributed by atoms with E-state index in [-0.39, 0.29) is 18.9 Å². The fourth-order valence-electron chi connectivity index (χ4n) is 2.33. The lowest BCUT2D eigenvalue weighted by Crippen LogP contribution is -2.49. The Morgan fingerprint density at radius 3 is 2.75 bits per heavy atom. The SMILES string of the molecule is Cc1ccc(C(=O)N2CCOCC2CC(=O)O)cc1C. The Morgan fingerprint density at radius 1 is 1.35 bits per heavy atom. The third-order valence-corrected chi connectivity index (χ3v) is 3.65. The summed E-state index contributed by atoms with van der Waals surface area (Å²) in [6.07, 6.45) is -0.0867. The minimum Gasteiger partial charge on any atom is -0.481 e. The van der Waals surface area contributed by atoms with Crippen molar-refractivity contribution in [3.05, 3.63) is 34.9 Å². The molecule has 1 aliphatic rings. The predicted octanol–water partition coefficient (Wildman–Crippen LogP) is 1.62. The fraction of sp³-hybridized carbons (Fsp3) is 0.467. The van der Waals surface area contributed by atoms with Crippen LogP contribution in [0.2, 0.25) is 0 Å². The smallest absolute Gasteiger partial charge is 0.305 e. The number of hydrogen-bond acceptors (Lipinski definition) is 3. The van der Waals surface area contributed by atoms with E-state index in [0.29, 0.717) is 18.7 Å². The predicted molar refractivity (Wildman–Crippen MR) is 73.8 cm³/mol. The molecule has 0 saturated carbocycles. The first-order valence-electron chi connectivity index (χ1n) is 6.67. The third-order valence-electron chi connectivity index (χ3n) is 3.65. The summed E-state index contributed by atoms with van der Waals surface area (Å²) in [6, 6.07) is 5.16. The molecule has 20 heavy (non-hydrogen) atoms. The van der Waals surface area contributed by atoms with Gasteiger partial charge in [0.15, 0.2) is 0 Å². The van der Waals surface area contributed by atoms with Crippen molar-refractivity contribution in [3.8, 4) is 0 Å². The molecule has 1 N–H and O–H groups in total. The second kappa shape index (κ2) is 6.05. The van der Waals surface area contributed by atoms with E-state index in [9.17, 15) is 9.59 Å². The number of morpholine rings is 1. The van der Waals surface area contributed by atoms with Crippen molar-refractivity contribution in [2.24, 2.45) is 0 Å². The summed E-state index contributed by atoms with van der Waals surface area (Å²) in [6.45, 7) is 5.12. The van der Waals surface area contributed by atoms with Crippen LogP contribution in [0, 0.1) is 13.8 Å². The van der Waals surface area contributed by atoms with E-state index < -0.39 is 12.0 Å². The first-order chi connectivity index (χ1) is 9.49. The van der Waals surface area contributed by atoms with E-state index in [4.69, 9.17) is 9.84 Å². The Hall–Kier alpha value is -1.88. The van der Waals surface area contributed by atoms with Crippen molar-refractivity contribution < 1.29 is 19.4 Å². The van der Waals surface area contributed by atoms with Crippen LogP contribution in [0.4, 0.5) is 0 Å². The fourth-order valence-corrected chi connectivity index (χ4v) is 2.33. The molecular formula is C15H19NO4. The van der Waals surface area contributed by atoms with Gasteiger partial charge in [0.2, 0.25) is 0 Å². The summed E-state index contributed by atoms with van der Waals surface area (Å²) in [7, 11) is 0. The van der Waals surface area contributed by atoms with Crippen molar-refractivity contribution >= 4 is 11.9 Å². The van der Waals surface area contributed by atoms with Crippen LogP contribution in [0.25, 0.3) is 0 Å². The molecule has 0 aliphatic carbocycles. The normalized spacial score (nSPS) is 18.9. The van der Waals surface area contributed by atoms with E-state index in [1.54, 1.807) is 11.0 Å². The Bertz CT molecular complexity index is 527. The van der Waals surface area contributed by atoms with Gasteiger partial charge in [-0.3, -0.25) is 9.59 Å². The summed E-state index contributed by atoms with van der Waals surface area (Å²) in [5.41, 5.74) is 2.79. The van der Waals surface area contributed by atoms with Crippen LogP contribution in [0.5, 0.6) is 0 Å². The van der Waals surface area contributed by atoms with Crippen molar-refractivity contribution in [2.45, 2.75) is 26.3 Å². The molecular weight excluding hydrogens is 258 g/mol. The van der Waals surface area contributed by atoms with Gasteiger partial charge in [-0.15, -0.1) is 0 Å². The molecule has 0 bridgehead atoms. The summed E-state index contributed by atoms with van der Waals surface area (Å²) in [5.74, 6) is -1.04. The number of carboxylic acid groups (broad SMARTS) is 1. The van der Waals surface area contributed by atoms with Gasteiger partial charge in [-0.25, -0.2) is 0 Å². The molecule has 1 aromatic carbocycles. The molecule has 2 rings (SSSR count). The molecule has 1 aromatic rings. The van der Waals surface area contributed by atoms with Crippen LogP contribution in [-0.4, -0.2) is 47.7 Å². The van der Waals surface area contributed by atoms with Crippen molar-refractivity contribution in [3.63, 3.8) is 0 Å². The molecule has 108 valence electrons. The maximum absolute atomic E-state index is 12.5. The molecule has 1 saturated heterocycles. The Morgan fingerprint density at radius 2 is 2.10 bits per heavy atom. The molecule has 1 heterocycles. The van der Waals surface area contributed by atoms with Crippen molar-refractivity contribution in [1.29, 1.82) is 0 Å². The summed E-state index contributed by atoms with van der Waals surface area (Å²) in [5, 5.41) is 8.92. The highest BCUT2D eigenvalue weighted by Gasteiger charge is 2.29. The average Bonchev–Trinajstić information content (AvgIpc) is 2.41. The zero-order chi connectivity index (χ0) is 14.7. The second-order valence-electron chi connectivity index (χ2n) is 5.12. The van der Waals surface area contributed by atoms with Crippen LogP contribution in [-0.2, 0) is 9.53 Å². The zero-order valence-corrected chi connectivity index (χ0v) is 11.8. The standard InChI is InChI=1S/C15H19NO4/c1-10-3-4-12(7-11(10)2)15(19)16-5-6-20-9-13(16)8-14(17)18/h3-4,7,13H,5-6,8-9H2,1-2H3,(H,17,18). The zero-order valence-electron chi connectivity index (χ0n) is 11.8. The third kappa shape index (κ3) is 3.17. The minimum atomic E-state index is -0.918. The number of benzene rings is 1. The molecule has 5 heteroatoms. The van der Waals surface area contributed by atoms with Gasteiger partial charge < -0.3 is 14.7 Å². The van der Waals surface area contributed by atoms with Gasteiger partial charge in [0, 0.05) is 12.1 Å². The van der Waals surface area contributed by atoms with Crippen LogP contribution < -0.4 is 0 Å². The van der Waals surface area contributed by atoms with Gasteiger partial charge in [0.05, 0.1) is 25.7 Å². The molecule has 1 amide bonds. The summed E-state index contributed by atoms with van der Waals surface area (Å²) in [4.78, 5) is 25.0. The molecule has 1 unspecified atom stereocenters. The maximum atomic E-state index is 12.5. The lowest BCUT2D eigenvalue weighted by atomic mass is 10.0. The van der Waals surface area contributed by atoms with Crippen LogP contribution >= 0.6 is 0 Å². The van der Waals surface area contributed by atoms with Crippen LogP contribution in [0.3, 0.4) is 0 Å². The minimum absolute atomic E-state index is 0.0867. The van der Waals surface area contributed by atoms with E-state index >= 15 is 0 Å². The quantitative estimate of drug-likeness (QED) is 0.911. The van der Waals surface area contributed by atoms with E-state index in [2.05, 4.69) is 0 Å². The molecule has 5 nitrogen and oxygen atoms in total. The molecule has 1 aliphatic heterocycles. The monoisotopic (exact) mass is 277 g/mol. The molecule has 0 radical (unpaired) electrons. The highest BCUT2D eigenvalue weighted by Crippen LogP contribution is 2.17. The van der Waals surface area contributed by atoms with Crippen molar-refractivity contribution in [2.75, 3.05) is 19.8 Å². The van der Waals surface area contributed by atoms with Crippen LogP contribution in [0.1, 0.15) is 27.9 Å². The number of amides is 1. The average molecular weight is 277 g/mol. The van der Waals surface area contributed by atoms with E-state index in [1.807, 2.05) is 26.0 Å². The lowest BCUT2D eigenvalue weighted by molar-refractivity contribution is -0.139. The highest BCUT2D eigenvalue weighted by atomic mass is 16.5. The van der Waals surface area contributed by atoms with Gasteiger partial charge in [0.25, 0.3) is 5.91 Å². The first-order valence-corrected chi connectivity index (χ1v) is 6.67. The van der Waals surface area contributed by atoms with Gasteiger partial charge >= 0.3 is 5.97 Å². The van der Waals surface area contributed by atoms with Gasteiger partial charge in [-0.05, 0) is 37.1 Å². The molecule has 0 aromatic heterocycles. The Balaban J connectivity index is 2.20. The Kier molecular flexibility index (Phi) is 4.39. The number of rotatable bonds is 3. The number of carbonyl (C=O) groups is 2. The molecule has 1 fully saturated rings. The molecule has 0 spiro atoms. The highest BCUT2D eigenvalue weighted by molar-refractivity contribution is 5.95. The van der Waals surface area contributed by atoms with Gasteiger partial charge in [-0.2, -0.15) is 0 Å². The van der Waals surface area contributed by atoms with Gasteiger partial charge in [-0.1, -0.05) is 6.07 Å². The van der Waals surface area contributed by atoms with Crippen LogP contribution in [0.15, 0.2) is 18.2 Å². The maximum Gasteiger partial charge on any atom is 0.305 e. The number of ether oxygens (including phenoxy) is 1. The van der Waals surface area contributed by atoms with E-state index in [0.717, 1.165) is 11.1 Å². The second-order valence-corrected chi connectivity index (χ2v) is 5.12. The number of aryl methyl sites for hydroxylation is 2. The number of carbonyl (C=O) groups excluding carboxylic acids is 1. The largest absolute Gasteiger partial charge is 0.481 e. The lowest BCUT2D eigenvalue weighted by Gasteiger charge is -2.35. The summed E-state index contributed by atoms with van der Waals surface area (Å²) < 4.78 is 5.28. The van der Waals surface area contributed by atoms with E-state index in [1.165, 1.54) is 0 Å². The first kappa shape index (κ1) is 14.5.